The summed E-state index contributed by atoms with van der Waals surface area (Å²) in [6.07, 6.45) is 0. The maximum Gasteiger partial charge on any atom is 0.137 e. The maximum atomic E-state index is 13.5. The van der Waals surface area contributed by atoms with E-state index in [9.17, 15) is 9.50 Å². The van der Waals surface area contributed by atoms with Gasteiger partial charge in [0.2, 0.25) is 0 Å². The van der Waals surface area contributed by atoms with E-state index in [1.165, 1.54) is 17.8 Å². The van der Waals surface area contributed by atoms with Crippen LogP contribution < -0.4 is 0 Å². The molecule has 2 aromatic rings. The number of rotatable bonds is 3. The van der Waals surface area contributed by atoms with Gasteiger partial charge in [0.25, 0.3) is 0 Å². The van der Waals surface area contributed by atoms with Gasteiger partial charge >= 0.3 is 0 Å². The number of halogens is 2. The lowest BCUT2D eigenvalue weighted by atomic mass is 10.2. The predicted octanol–water partition coefficient (Wildman–Crippen LogP) is 4.23. The molecule has 1 nitrogen and oxygen atoms in total. The molecule has 0 aliphatic rings. The molecule has 0 saturated carbocycles. The molecular weight excluding hydrogens is 303 g/mol. The van der Waals surface area contributed by atoms with Crippen molar-refractivity contribution < 1.29 is 9.50 Å². The molecule has 17 heavy (non-hydrogen) atoms. The van der Waals surface area contributed by atoms with Gasteiger partial charge in [0, 0.05) is 14.3 Å². The smallest absolute Gasteiger partial charge is 0.137 e. The van der Waals surface area contributed by atoms with E-state index in [0.717, 1.165) is 14.9 Å². The van der Waals surface area contributed by atoms with Gasteiger partial charge in [-0.25, -0.2) is 4.39 Å². The average molecular weight is 313 g/mol. The van der Waals surface area contributed by atoms with Crippen LogP contribution in [0.3, 0.4) is 0 Å². The van der Waals surface area contributed by atoms with E-state index in [2.05, 4.69) is 15.9 Å². The molecule has 0 amide bonds. The number of hydrogen-bond donors (Lipinski definition) is 1. The Morgan fingerprint density at radius 3 is 2.59 bits per heavy atom. The Labute approximate surface area is 112 Å². The van der Waals surface area contributed by atoms with Gasteiger partial charge in [0.15, 0.2) is 0 Å². The van der Waals surface area contributed by atoms with Gasteiger partial charge in [0.05, 0.1) is 6.61 Å². The molecule has 0 unspecified atom stereocenters. The summed E-state index contributed by atoms with van der Waals surface area (Å²) in [7, 11) is 0. The third-order valence-corrected chi connectivity index (χ3v) is 3.90. The first kappa shape index (κ1) is 12.6. The molecule has 2 rings (SSSR count). The Kier molecular flexibility index (Phi) is 4.20. The van der Waals surface area contributed by atoms with Crippen LogP contribution in [0.5, 0.6) is 0 Å². The molecular formula is C13H10BrFOS. The van der Waals surface area contributed by atoms with Crippen molar-refractivity contribution in [2.75, 3.05) is 0 Å². The van der Waals surface area contributed by atoms with Crippen LogP contribution in [0.2, 0.25) is 0 Å². The summed E-state index contributed by atoms with van der Waals surface area (Å²) in [6.45, 7) is -0.0515. The van der Waals surface area contributed by atoms with Gasteiger partial charge in [-0.1, -0.05) is 45.9 Å². The molecule has 0 bridgehead atoms. The Bertz CT molecular complexity index is 531. The van der Waals surface area contributed by atoms with Crippen molar-refractivity contribution >= 4 is 27.7 Å². The maximum absolute atomic E-state index is 13.5. The molecule has 0 spiro atoms. The zero-order valence-electron chi connectivity index (χ0n) is 8.86. The van der Waals surface area contributed by atoms with Crippen LogP contribution in [0.25, 0.3) is 0 Å². The normalized spacial score (nSPS) is 10.5. The summed E-state index contributed by atoms with van der Waals surface area (Å²) in [5, 5.41) is 9.23. The lowest BCUT2D eigenvalue weighted by molar-refractivity contribution is 0.279. The van der Waals surface area contributed by atoms with Crippen LogP contribution in [0, 0.1) is 5.82 Å². The summed E-state index contributed by atoms with van der Waals surface area (Å²) in [5.74, 6) is -0.249. The summed E-state index contributed by atoms with van der Waals surface area (Å²) >= 11 is 4.68. The van der Waals surface area contributed by atoms with E-state index in [4.69, 9.17) is 0 Å². The highest BCUT2D eigenvalue weighted by Gasteiger charge is 2.07. The number of aliphatic hydroxyl groups excluding tert-OH is 1. The van der Waals surface area contributed by atoms with Crippen LogP contribution in [-0.2, 0) is 6.61 Å². The zero-order valence-corrected chi connectivity index (χ0v) is 11.3. The quantitative estimate of drug-likeness (QED) is 0.915. The highest BCUT2D eigenvalue weighted by Crippen LogP contribution is 2.33. The van der Waals surface area contributed by atoms with E-state index in [1.807, 2.05) is 18.2 Å². The molecule has 0 heterocycles. The minimum Gasteiger partial charge on any atom is -0.392 e. The van der Waals surface area contributed by atoms with Crippen molar-refractivity contribution in [1.82, 2.24) is 0 Å². The van der Waals surface area contributed by atoms with E-state index < -0.39 is 0 Å². The fraction of sp³-hybridized carbons (Fsp3) is 0.0769. The average Bonchev–Trinajstić information content (AvgIpc) is 2.32. The zero-order chi connectivity index (χ0) is 12.3. The van der Waals surface area contributed by atoms with Gasteiger partial charge in [0.1, 0.15) is 5.82 Å². The minimum atomic E-state index is -0.249. The summed E-state index contributed by atoms with van der Waals surface area (Å²) in [4.78, 5) is 1.41. The lowest BCUT2D eigenvalue weighted by Crippen LogP contribution is -1.88. The van der Waals surface area contributed by atoms with Crippen molar-refractivity contribution in [2.45, 2.75) is 16.4 Å². The minimum absolute atomic E-state index is 0.0515. The SMILES string of the molecule is OCc1ccc(Br)cc1Sc1ccccc1F. The van der Waals surface area contributed by atoms with Gasteiger partial charge in [-0.2, -0.15) is 0 Å². The standard InChI is InChI=1S/C13H10BrFOS/c14-10-6-5-9(8-16)13(7-10)17-12-4-2-1-3-11(12)15/h1-7,16H,8H2. The summed E-state index contributed by atoms with van der Waals surface area (Å²) in [5.41, 5.74) is 0.793. The van der Waals surface area contributed by atoms with Gasteiger partial charge < -0.3 is 5.11 Å². The lowest BCUT2D eigenvalue weighted by Gasteiger charge is -2.08. The van der Waals surface area contributed by atoms with Gasteiger partial charge in [-0.3, -0.25) is 0 Å². The summed E-state index contributed by atoms with van der Waals surface area (Å²) < 4.78 is 14.4. The fourth-order valence-corrected chi connectivity index (χ4v) is 2.91. The molecule has 88 valence electrons. The second-order valence-electron chi connectivity index (χ2n) is 3.44. The second kappa shape index (κ2) is 5.67. The van der Waals surface area contributed by atoms with Crippen LogP contribution in [0.1, 0.15) is 5.56 Å². The molecule has 0 saturated heterocycles. The first-order valence-corrected chi connectivity index (χ1v) is 6.63. The molecule has 2 aromatic carbocycles. The topological polar surface area (TPSA) is 20.2 Å². The molecule has 0 aliphatic heterocycles. The highest BCUT2D eigenvalue weighted by molar-refractivity contribution is 9.10. The van der Waals surface area contributed by atoms with Crippen molar-refractivity contribution in [3.05, 3.63) is 58.3 Å². The fourth-order valence-electron chi connectivity index (χ4n) is 1.40. The van der Waals surface area contributed by atoms with Crippen LogP contribution in [-0.4, -0.2) is 5.11 Å². The molecule has 1 N–H and O–H groups in total. The third kappa shape index (κ3) is 3.09. The number of hydrogen-bond acceptors (Lipinski definition) is 2. The van der Waals surface area contributed by atoms with Gasteiger partial charge in [-0.05, 0) is 29.8 Å². The first-order chi connectivity index (χ1) is 8.20. The van der Waals surface area contributed by atoms with Crippen molar-refractivity contribution in [1.29, 1.82) is 0 Å². The molecule has 0 aromatic heterocycles. The Morgan fingerprint density at radius 1 is 1.12 bits per heavy atom. The van der Waals surface area contributed by atoms with E-state index in [-0.39, 0.29) is 12.4 Å². The van der Waals surface area contributed by atoms with Crippen LogP contribution >= 0.6 is 27.7 Å². The van der Waals surface area contributed by atoms with Crippen molar-refractivity contribution in [3.63, 3.8) is 0 Å². The predicted molar refractivity (Wildman–Crippen MR) is 70.6 cm³/mol. The van der Waals surface area contributed by atoms with E-state index in [1.54, 1.807) is 18.2 Å². The van der Waals surface area contributed by atoms with E-state index in [0.29, 0.717) is 4.90 Å². The highest BCUT2D eigenvalue weighted by atomic mass is 79.9. The largest absolute Gasteiger partial charge is 0.392 e. The Morgan fingerprint density at radius 2 is 1.88 bits per heavy atom. The van der Waals surface area contributed by atoms with E-state index >= 15 is 0 Å². The second-order valence-corrected chi connectivity index (χ2v) is 5.44. The van der Waals surface area contributed by atoms with Crippen molar-refractivity contribution in [3.8, 4) is 0 Å². The van der Waals surface area contributed by atoms with Crippen LogP contribution in [0.4, 0.5) is 4.39 Å². The molecule has 0 atom stereocenters. The molecule has 0 fully saturated rings. The van der Waals surface area contributed by atoms with Gasteiger partial charge in [-0.15, -0.1) is 0 Å². The van der Waals surface area contributed by atoms with Crippen LogP contribution in [0.15, 0.2) is 56.7 Å². The third-order valence-electron chi connectivity index (χ3n) is 2.26. The monoisotopic (exact) mass is 312 g/mol. The first-order valence-electron chi connectivity index (χ1n) is 5.02. The van der Waals surface area contributed by atoms with Crippen molar-refractivity contribution in [2.24, 2.45) is 0 Å². The molecule has 0 radical (unpaired) electrons. The number of aliphatic hydroxyl groups is 1. The number of benzene rings is 2. The Hall–Kier alpha value is -0.840. The Balaban J connectivity index is 2.35. The summed E-state index contributed by atoms with van der Waals surface area (Å²) in [6, 6.07) is 12.2. The molecule has 0 aliphatic carbocycles. The molecule has 4 heteroatoms.